The van der Waals surface area contributed by atoms with Crippen LogP contribution in [0.2, 0.25) is 0 Å². The molecule has 0 heterocycles. The van der Waals surface area contributed by atoms with Crippen LogP contribution in [0.4, 0.5) is 4.39 Å². The van der Waals surface area contributed by atoms with E-state index in [0.717, 1.165) is 6.07 Å². The normalized spacial score (nSPS) is 11.7. The Morgan fingerprint density at radius 2 is 2.17 bits per heavy atom. The maximum Gasteiger partial charge on any atom is 0.328 e. The third-order valence-corrected chi connectivity index (χ3v) is 1.98. The monoisotopic (exact) mass is 257 g/mol. The third kappa shape index (κ3) is 4.38. The van der Waals surface area contributed by atoms with Gasteiger partial charge in [0.15, 0.2) is 6.61 Å². The van der Waals surface area contributed by atoms with E-state index in [1.807, 2.05) is 5.32 Å². The summed E-state index contributed by atoms with van der Waals surface area (Å²) >= 11 is 0. The molecule has 7 heteroatoms. The van der Waals surface area contributed by atoms with Crippen LogP contribution in [0.3, 0.4) is 0 Å². The van der Waals surface area contributed by atoms with Gasteiger partial charge in [0.25, 0.3) is 5.91 Å². The number of hydrogen-bond acceptors (Lipinski definition) is 4. The molecular weight excluding hydrogens is 245 g/mol. The Bertz CT molecular complexity index is 437. The second-order valence-electron chi connectivity index (χ2n) is 3.39. The van der Waals surface area contributed by atoms with Gasteiger partial charge in [-0.15, -0.1) is 0 Å². The Morgan fingerprint density at radius 3 is 2.72 bits per heavy atom. The Morgan fingerprint density at radius 1 is 1.44 bits per heavy atom. The molecule has 1 rings (SSSR count). The number of hydrogen-bond donors (Lipinski definition) is 3. The number of carboxylic acid groups (broad SMARTS) is 1. The number of benzene rings is 1. The number of ether oxygens (including phenoxy) is 1. The SMILES string of the molecule is O=C(COc1cccc(F)c1)NC(CO)C(=O)O. The summed E-state index contributed by atoms with van der Waals surface area (Å²) in [6.45, 7) is -1.19. The van der Waals surface area contributed by atoms with Crippen LogP contribution in [0, 0.1) is 5.82 Å². The number of aliphatic carboxylic acids is 1. The standard InChI is InChI=1S/C11H12FNO5/c12-7-2-1-3-8(4-7)18-6-10(15)13-9(5-14)11(16)17/h1-4,9,14H,5-6H2,(H,13,15)(H,16,17). The van der Waals surface area contributed by atoms with Gasteiger partial charge in [0.2, 0.25) is 0 Å². The lowest BCUT2D eigenvalue weighted by molar-refractivity contribution is -0.143. The molecule has 0 radical (unpaired) electrons. The fraction of sp³-hybridized carbons (Fsp3) is 0.273. The number of aliphatic hydroxyl groups is 1. The van der Waals surface area contributed by atoms with Crippen molar-refractivity contribution in [2.75, 3.05) is 13.2 Å². The van der Waals surface area contributed by atoms with E-state index in [-0.39, 0.29) is 5.75 Å². The summed E-state index contributed by atoms with van der Waals surface area (Å²) in [5, 5.41) is 19.3. The van der Waals surface area contributed by atoms with Gasteiger partial charge >= 0.3 is 5.97 Å². The van der Waals surface area contributed by atoms with E-state index in [0.29, 0.717) is 0 Å². The second kappa shape index (κ2) is 6.55. The maximum atomic E-state index is 12.8. The number of halogens is 1. The molecule has 1 unspecified atom stereocenters. The molecule has 0 aliphatic heterocycles. The molecule has 0 saturated carbocycles. The summed E-state index contributed by atoms with van der Waals surface area (Å²) in [6.07, 6.45) is 0. The van der Waals surface area contributed by atoms with Gasteiger partial charge < -0.3 is 20.3 Å². The number of nitrogens with one attached hydrogen (secondary N) is 1. The van der Waals surface area contributed by atoms with Crippen molar-refractivity contribution < 1.29 is 28.9 Å². The minimum Gasteiger partial charge on any atom is -0.484 e. The van der Waals surface area contributed by atoms with E-state index >= 15 is 0 Å². The fourth-order valence-electron chi connectivity index (χ4n) is 1.13. The predicted molar refractivity (Wildman–Crippen MR) is 58.5 cm³/mol. The lowest BCUT2D eigenvalue weighted by Gasteiger charge is -2.12. The summed E-state index contributed by atoms with van der Waals surface area (Å²) in [6, 6.07) is 3.80. The molecule has 1 aromatic carbocycles. The van der Waals surface area contributed by atoms with Gasteiger partial charge in [0.05, 0.1) is 6.61 Å². The molecule has 0 aromatic heterocycles. The average molecular weight is 257 g/mol. The summed E-state index contributed by atoms with van der Waals surface area (Å²) < 4.78 is 17.7. The maximum absolute atomic E-state index is 12.8. The zero-order chi connectivity index (χ0) is 13.5. The fourth-order valence-corrected chi connectivity index (χ4v) is 1.13. The van der Waals surface area contributed by atoms with Gasteiger partial charge in [0.1, 0.15) is 17.6 Å². The second-order valence-corrected chi connectivity index (χ2v) is 3.39. The van der Waals surface area contributed by atoms with Crippen molar-refractivity contribution in [2.24, 2.45) is 0 Å². The van der Waals surface area contributed by atoms with E-state index in [9.17, 15) is 14.0 Å². The number of rotatable bonds is 6. The zero-order valence-corrected chi connectivity index (χ0v) is 9.30. The van der Waals surface area contributed by atoms with E-state index < -0.39 is 36.9 Å². The number of amides is 1. The quantitative estimate of drug-likeness (QED) is 0.654. The summed E-state index contributed by atoms with van der Waals surface area (Å²) in [5.41, 5.74) is 0. The Kier molecular flexibility index (Phi) is 5.06. The summed E-state index contributed by atoms with van der Waals surface area (Å²) in [5.74, 6) is -2.43. The van der Waals surface area contributed by atoms with Crippen LogP contribution in [-0.4, -0.2) is 41.3 Å². The lowest BCUT2D eigenvalue weighted by atomic mass is 10.3. The molecule has 0 aliphatic rings. The van der Waals surface area contributed by atoms with Gasteiger partial charge in [-0.25, -0.2) is 9.18 Å². The first-order valence-electron chi connectivity index (χ1n) is 5.04. The van der Waals surface area contributed by atoms with E-state index in [1.165, 1.54) is 18.2 Å². The number of carboxylic acids is 1. The predicted octanol–water partition coefficient (Wildman–Crippen LogP) is -0.234. The van der Waals surface area contributed by atoms with Crippen LogP contribution >= 0.6 is 0 Å². The molecule has 0 bridgehead atoms. The largest absolute Gasteiger partial charge is 0.484 e. The van der Waals surface area contributed by atoms with Crippen LogP contribution in [-0.2, 0) is 9.59 Å². The first kappa shape index (κ1) is 13.9. The van der Waals surface area contributed by atoms with E-state index in [4.69, 9.17) is 14.9 Å². The topological polar surface area (TPSA) is 95.9 Å². The molecule has 6 nitrogen and oxygen atoms in total. The van der Waals surface area contributed by atoms with Crippen molar-refractivity contribution in [3.8, 4) is 5.75 Å². The smallest absolute Gasteiger partial charge is 0.328 e. The van der Waals surface area contributed by atoms with E-state index in [1.54, 1.807) is 0 Å². The first-order valence-corrected chi connectivity index (χ1v) is 5.04. The average Bonchev–Trinajstić information content (AvgIpc) is 2.33. The highest BCUT2D eigenvalue weighted by Gasteiger charge is 2.18. The summed E-state index contributed by atoms with van der Waals surface area (Å²) in [7, 11) is 0. The Hall–Kier alpha value is -2.15. The van der Waals surface area contributed by atoms with Crippen LogP contribution < -0.4 is 10.1 Å². The van der Waals surface area contributed by atoms with Crippen molar-refractivity contribution in [2.45, 2.75) is 6.04 Å². The van der Waals surface area contributed by atoms with Crippen LogP contribution in [0.1, 0.15) is 0 Å². The molecule has 0 fully saturated rings. The molecule has 3 N–H and O–H groups in total. The van der Waals surface area contributed by atoms with Gasteiger partial charge in [0, 0.05) is 6.07 Å². The minimum absolute atomic E-state index is 0.154. The Labute approximate surface area is 102 Å². The van der Waals surface area contributed by atoms with Crippen LogP contribution in [0.15, 0.2) is 24.3 Å². The number of carbonyl (C=O) groups excluding carboxylic acids is 1. The molecule has 1 aromatic rings. The molecule has 0 aliphatic carbocycles. The van der Waals surface area contributed by atoms with Crippen molar-refractivity contribution in [1.29, 1.82) is 0 Å². The zero-order valence-electron chi connectivity index (χ0n) is 9.30. The molecule has 98 valence electrons. The molecule has 18 heavy (non-hydrogen) atoms. The van der Waals surface area contributed by atoms with Crippen molar-refractivity contribution in [3.63, 3.8) is 0 Å². The van der Waals surface area contributed by atoms with Crippen LogP contribution in [0.5, 0.6) is 5.75 Å². The highest BCUT2D eigenvalue weighted by molar-refractivity contribution is 5.84. The first-order chi connectivity index (χ1) is 8.52. The highest BCUT2D eigenvalue weighted by atomic mass is 19.1. The van der Waals surface area contributed by atoms with Gasteiger partial charge in [-0.1, -0.05) is 6.07 Å². The van der Waals surface area contributed by atoms with Gasteiger partial charge in [-0.2, -0.15) is 0 Å². The van der Waals surface area contributed by atoms with Crippen molar-refractivity contribution in [3.05, 3.63) is 30.1 Å². The number of aliphatic hydroxyl groups excluding tert-OH is 1. The summed E-state index contributed by atoms with van der Waals surface area (Å²) in [4.78, 5) is 21.8. The van der Waals surface area contributed by atoms with Gasteiger partial charge in [-0.05, 0) is 12.1 Å². The van der Waals surface area contributed by atoms with Crippen molar-refractivity contribution >= 4 is 11.9 Å². The molecule has 0 saturated heterocycles. The lowest BCUT2D eigenvalue weighted by Crippen LogP contribution is -2.45. The third-order valence-electron chi connectivity index (χ3n) is 1.98. The Balaban J connectivity index is 2.44. The molecule has 1 atom stereocenters. The van der Waals surface area contributed by atoms with E-state index in [2.05, 4.69) is 0 Å². The molecule has 1 amide bonds. The highest BCUT2D eigenvalue weighted by Crippen LogP contribution is 2.11. The number of carbonyl (C=O) groups is 2. The van der Waals surface area contributed by atoms with Gasteiger partial charge in [-0.3, -0.25) is 4.79 Å². The molecule has 0 spiro atoms. The molecular formula is C11H12FNO5. The van der Waals surface area contributed by atoms with Crippen LogP contribution in [0.25, 0.3) is 0 Å². The minimum atomic E-state index is -1.38. The van der Waals surface area contributed by atoms with Crippen molar-refractivity contribution in [1.82, 2.24) is 5.32 Å².